The molecule has 1 rings (SSSR count). The lowest BCUT2D eigenvalue weighted by Crippen LogP contribution is -1.84. The summed E-state index contributed by atoms with van der Waals surface area (Å²) in [6.07, 6.45) is 3.60. The summed E-state index contributed by atoms with van der Waals surface area (Å²) >= 11 is 0. The van der Waals surface area contributed by atoms with Gasteiger partial charge in [-0.25, -0.2) is 0 Å². The van der Waals surface area contributed by atoms with E-state index in [-0.39, 0.29) is 0 Å². The van der Waals surface area contributed by atoms with E-state index < -0.39 is 0 Å². The highest BCUT2D eigenvalue weighted by molar-refractivity contribution is 5.38. The van der Waals surface area contributed by atoms with Crippen LogP contribution >= 0.6 is 0 Å². The second-order valence-corrected chi connectivity index (χ2v) is 3.11. The first kappa shape index (κ1) is 8.80. The van der Waals surface area contributed by atoms with Gasteiger partial charge in [0.05, 0.1) is 0 Å². The van der Waals surface area contributed by atoms with Crippen molar-refractivity contribution in [3.63, 3.8) is 0 Å². The monoisotopic (exact) mass is 159 g/mol. The first-order chi connectivity index (χ1) is 5.70. The van der Waals surface area contributed by atoms with Crippen LogP contribution in [0.15, 0.2) is 18.5 Å². The highest BCUT2D eigenvalue weighted by Crippen LogP contribution is 2.02. The summed E-state index contributed by atoms with van der Waals surface area (Å²) in [6.45, 7) is 6.21. The number of hydrogen-bond donors (Lipinski definition) is 0. The molecule has 0 atom stereocenters. The van der Waals surface area contributed by atoms with E-state index in [0.29, 0.717) is 5.92 Å². The summed E-state index contributed by atoms with van der Waals surface area (Å²) in [7, 11) is 0. The van der Waals surface area contributed by atoms with Crippen LogP contribution in [0.2, 0.25) is 0 Å². The zero-order chi connectivity index (χ0) is 8.97. The molecule has 0 fully saturated rings. The molecule has 0 aliphatic rings. The van der Waals surface area contributed by atoms with Gasteiger partial charge >= 0.3 is 0 Å². The molecule has 1 nitrogen and oxygen atoms in total. The Morgan fingerprint density at radius 2 is 2.17 bits per heavy atom. The third kappa shape index (κ3) is 2.39. The maximum absolute atomic E-state index is 4.02. The fourth-order valence-electron chi connectivity index (χ4n) is 0.817. The van der Waals surface area contributed by atoms with E-state index in [1.165, 1.54) is 5.56 Å². The van der Waals surface area contributed by atoms with Gasteiger partial charge < -0.3 is 0 Å². The minimum atomic E-state index is 0.421. The van der Waals surface area contributed by atoms with Crippen molar-refractivity contribution in [1.82, 2.24) is 4.98 Å². The van der Waals surface area contributed by atoms with Crippen molar-refractivity contribution in [3.05, 3.63) is 29.6 Å². The number of nitrogens with zero attached hydrogens (tertiary/aromatic N) is 1. The van der Waals surface area contributed by atoms with Crippen LogP contribution in [0.4, 0.5) is 0 Å². The summed E-state index contributed by atoms with van der Waals surface area (Å²) < 4.78 is 0. The fraction of sp³-hybridized carbons (Fsp3) is 0.364. The SMILES string of the molecule is Cc1ccncc1C#CC(C)C. The average molecular weight is 159 g/mol. The smallest absolute Gasteiger partial charge is 0.0458 e. The molecule has 0 aliphatic carbocycles. The number of aromatic nitrogens is 1. The zero-order valence-corrected chi connectivity index (χ0v) is 7.76. The molecular formula is C11H13N. The summed E-state index contributed by atoms with van der Waals surface area (Å²) in [4.78, 5) is 4.02. The van der Waals surface area contributed by atoms with Crippen molar-refractivity contribution in [2.45, 2.75) is 20.8 Å². The summed E-state index contributed by atoms with van der Waals surface area (Å²) in [5.74, 6) is 6.63. The van der Waals surface area contributed by atoms with Crippen molar-refractivity contribution < 1.29 is 0 Å². The largest absolute Gasteiger partial charge is 0.263 e. The van der Waals surface area contributed by atoms with Gasteiger partial charge in [-0.1, -0.05) is 25.7 Å². The molecule has 0 unspecified atom stereocenters. The predicted molar refractivity (Wildman–Crippen MR) is 50.7 cm³/mol. The molecule has 0 N–H and O–H groups in total. The van der Waals surface area contributed by atoms with Crippen LogP contribution in [0.1, 0.15) is 25.0 Å². The third-order valence-electron chi connectivity index (χ3n) is 1.53. The average Bonchev–Trinajstić information content (AvgIpc) is 2.03. The molecule has 0 aromatic carbocycles. The van der Waals surface area contributed by atoms with Crippen LogP contribution < -0.4 is 0 Å². The first-order valence-corrected chi connectivity index (χ1v) is 4.12. The highest BCUT2D eigenvalue weighted by Gasteiger charge is 1.91. The minimum Gasteiger partial charge on any atom is -0.263 e. The minimum absolute atomic E-state index is 0.421. The Morgan fingerprint density at radius 1 is 1.42 bits per heavy atom. The molecule has 62 valence electrons. The molecule has 1 aromatic rings. The van der Waals surface area contributed by atoms with Gasteiger partial charge in [0.2, 0.25) is 0 Å². The molecule has 0 spiro atoms. The molecule has 1 heteroatoms. The Bertz CT molecular complexity index is 315. The normalized spacial score (nSPS) is 9.33. The zero-order valence-electron chi connectivity index (χ0n) is 7.76. The Hall–Kier alpha value is -1.29. The van der Waals surface area contributed by atoms with E-state index in [1.807, 2.05) is 19.2 Å². The maximum atomic E-state index is 4.02. The fourth-order valence-corrected chi connectivity index (χ4v) is 0.817. The maximum Gasteiger partial charge on any atom is 0.0458 e. The number of hydrogen-bond acceptors (Lipinski definition) is 1. The van der Waals surface area contributed by atoms with Gasteiger partial charge in [0.15, 0.2) is 0 Å². The lowest BCUT2D eigenvalue weighted by Gasteiger charge is -1.94. The molecular weight excluding hydrogens is 146 g/mol. The summed E-state index contributed by atoms with van der Waals surface area (Å²) in [6, 6.07) is 1.98. The lowest BCUT2D eigenvalue weighted by atomic mass is 10.1. The van der Waals surface area contributed by atoms with Crippen LogP contribution in [0.3, 0.4) is 0 Å². The van der Waals surface area contributed by atoms with E-state index in [0.717, 1.165) is 5.56 Å². The Balaban J connectivity index is 2.92. The van der Waals surface area contributed by atoms with Crippen LogP contribution in [0.5, 0.6) is 0 Å². The topological polar surface area (TPSA) is 12.9 Å². The van der Waals surface area contributed by atoms with Gasteiger partial charge in [-0.2, -0.15) is 0 Å². The molecule has 0 bridgehead atoms. The van der Waals surface area contributed by atoms with Crippen molar-refractivity contribution in [2.24, 2.45) is 5.92 Å². The van der Waals surface area contributed by atoms with Gasteiger partial charge in [-0.3, -0.25) is 4.98 Å². The van der Waals surface area contributed by atoms with Gasteiger partial charge in [-0.15, -0.1) is 0 Å². The van der Waals surface area contributed by atoms with E-state index in [2.05, 4.69) is 30.7 Å². The Kier molecular flexibility index (Phi) is 2.88. The highest BCUT2D eigenvalue weighted by atomic mass is 14.6. The molecule has 12 heavy (non-hydrogen) atoms. The van der Waals surface area contributed by atoms with Crippen LogP contribution in [0.25, 0.3) is 0 Å². The first-order valence-electron chi connectivity index (χ1n) is 4.12. The van der Waals surface area contributed by atoms with E-state index in [1.54, 1.807) is 6.20 Å². The van der Waals surface area contributed by atoms with Crippen molar-refractivity contribution in [1.29, 1.82) is 0 Å². The summed E-state index contributed by atoms with van der Waals surface area (Å²) in [5.41, 5.74) is 2.23. The Morgan fingerprint density at radius 3 is 2.75 bits per heavy atom. The quantitative estimate of drug-likeness (QED) is 0.530. The lowest BCUT2D eigenvalue weighted by molar-refractivity contribution is 0.866. The standard InChI is InChI=1S/C11H13N/c1-9(2)4-5-11-8-12-7-6-10(11)3/h6-9H,1-3H3. The van der Waals surface area contributed by atoms with Crippen LogP contribution in [-0.2, 0) is 0 Å². The number of pyridine rings is 1. The number of rotatable bonds is 0. The van der Waals surface area contributed by atoms with Crippen molar-refractivity contribution >= 4 is 0 Å². The van der Waals surface area contributed by atoms with Crippen molar-refractivity contribution in [2.75, 3.05) is 0 Å². The molecule has 0 saturated heterocycles. The van der Waals surface area contributed by atoms with Crippen molar-refractivity contribution in [3.8, 4) is 11.8 Å². The third-order valence-corrected chi connectivity index (χ3v) is 1.53. The second kappa shape index (κ2) is 3.92. The summed E-state index contributed by atoms with van der Waals surface area (Å²) in [5, 5.41) is 0. The van der Waals surface area contributed by atoms with E-state index in [4.69, 9.17) is 0 Å². The second-order valence-electron chi connectivity index (χ2n) is 3.11. The van der Waals surface area contributed by atoms with Gasteiger partial charge in [-0.05, 0) is 18.6 Å². The van der Waals surface area contributed by atoms with Gasteiger partial charge in [0, 0.05) is 23.9 Å². The molecule has 1 heterocycles. The molecule has 0 aliphatic heterocycles. The predicted octanol–water partition coefficient (Wildman–Crippen LogP) is 2.40. The van der Waals surface area contributed by atoms with E-state index >= 15 is 0 Å². The van der Waals surface area contributed by atoms with Gasteiger partial charge in [0.1, 0.15) is 0 Å². The van der Waals surface area contributed by atoms with Gasteiger partial charge in [0.25, 0.3) is 0 Å². The van der Waals surface area contributed by atoms with E-state index in [9.17, 15) is 0 Å². The Labute approximate surface area is 73.8 Å². The number of aryl methyl sites for hydroxylation is 1. The molecule has 0 amide bonds. The van der Waals surface area contributed by atoms with Crippen LogP contribution in [0, 0.1) is 24.7 Å². The molecule has 0 radical (unpaired) electrons. The van der Waals surface area contributed by atoms with Crippen LogP contribution in [-0.4, -0.2) is 4.98 Å². The molecule has 1 aromatic heterocycles. The molecule has 0 saturated carbocycles.